The Labute approximate surface area is 73.9 Å². The summed E-state index contributed by atoms with van der Waals surface area (Å²) >= 11 is 0. The lowest BCUT2D eigenvalue weighted by atomic mass is 10.0. The zero-order valence-corrected chi connectivity index (χ0v) is 7.62. The maximum atomic E-state index is 11.0. The summed E-state index contributed by atoms with van der Waals surface area (Å²) < 4.78 is 0. The Kier molecular flexibility index (Phi) is 3.53. The van der Waals surface area contributed by atoms with E-state index in [0.29, 0.717) is 0 Å². The quantitative estimate of drug-likeness (QED) is 0.670. The number of rotatable bonds is 3. The number of primary amides is 1. The molecule has 3 nitrogen and oxygen atoms in total. The van der Waals surface area contributed by atoms with Gasteiger partial charge in [-0.2, -0.15) is 0 Å². The van der Waals surface area contributed by atoms with Crippen LogP contribution >= 0.6 is 0 Å². The van der Waals surface area contributed by atoms with Crippen LogP contribution in [0, 0.1) is 6.42 Å². The third-order valence-corrected chi connectivity index (χ3v) is 2.24. The average molecular weight is 169 g/mol. The molecule has 0 unspecified atom stereocenters. The van der Waals surface area contributed by atoms with Crippen molar-refractivity contribution in [3.63, 3.8) is 0 Å². The first-order valence-electron chi connectivity index (χ1n) is 4.62. The highest BCUT2D eigenvalue weighted by Crippen LogP contribution is 2.15. The van der Waals surface area contributed by atoms with Gasteiger partial charge in [0, 0.05) is 0 Å². The molecule has 69 valence electrons. The van der Waals surface area contributed by atoms with Crippen molar-refractivity contribution >= 4 is 5.91 Å². The van der Waals surface area contributed by atoms with Crippen molar-refractivity contribution in [2.24, 2.45) is 5.73 Å². The fraction of sp³-hybridized carbons (Fsp3) is 0.778. The van der Waals surface area contributed by atoms with Gasteiger partial charge < -0.3 is 5.73 Å². The molecule has 12 heavy (non-hydrogen) atoms. The number of hydrogen-bond acceptors (Lipinski definition) is 2. The molecular formula is C9H17N2O. The number of likely N-dealkylation sites (tertiary alicyclic amines) is 1. The summed E-state index contributed by atoms with van der Waals surface area (Å²) in [7, 11) is 0. The van der Waals surface area contributed by atoms with Crippen molar-refractivity contribution in [3.8, 4) is 0 Å². The maximum Gasteiger partial charge on any atom is 0.235 e. The first-order valence-corrected chi connectivity index (χ1v) is 4.62. The highest BCUT2D eigenvalue weighted by molar-refractivity contribution is 5.81. The van der Waals surface area contributed by atoms with Crippen LogP contribution in [0.4, 0.5) is 0 Å². The van der Waals surface area contributed by atoms with Crippen LogP contribution in [0.1, 0.15) is 26.2 Å². The minimum absolute atomic E-state index is 0.112. The van der Waals surface area contributed by atoms with E-state index in [1.54, 1.807) is 0 Å². The number of nitrogens with zero attached hydrogens (tertiary/aromatic N) is 1. The summed E-state index contributed by atoms with van der Waals surface area (Å²) in [6.45, 7) is 4.11. The fourth-order valence-corrected chi connectivity index (χ4v) is 1.69. The average Bonchev–Trinajstić information content (AvgIpc) is 2.05. The van der Waals surface area contributed by atoms with Crippen LogP contribution in [0.5, 0.6) is 0 Å². The van der Waals surface area contributed by atoms with Crippen LogP contribution in [0.15, 0.2) is 0 Å². The fourth-order valence-electron chi connectivity index (χ4n) is 1.69. The molecule has 1 atom stereocenters. The Bertz CT molecular complexity index is 157. The first-order chi connectivity index (χ1) is 5.75. The van der Waals surface area contributed by atoms with Crippen molar-refractivity contribution in [1.29, 1.82) is 0 Å². The predicted octanol–water partition coefficient (Wildman–Crippen LogP) is 0.550. The lowest BCUT2D eigenvalue weighted by molar-refractivity contribution is -0.122. The molecule has 1 aliphatic heterocycles. The molecule has 0 aromatic carbocycles. The Morgan fingerprint density at radius 3 is 3.08 bits per heavy atom. The molecule has 1 rings (SSSR count). The third kappa shape index (κ3) is 2.21. The molecule has 0 saturated carbocycles. The van der Waals surface area contributed by atoms with E-state index in [0.717, 1.165) is 32.4 Å². The summed E-state index contributed by atoms with van der Waals surface area (Å²) in [4.78, 5) is 13.1. The van der Waals surface area contributed by atoms with Crippen LogP contribution in [0.25, 0.3) is 0 Å². The molecular weight excluding hydrogens is 152 g/mol. The van der Waals surface area contributed by atoms with E-state index < -0.39 is 0 Å². The molecule has 0 aromatic heterocycles. The normalized spacial score (nSPS) is 25.6. The van der Waals surface area contributed by atoms with Gasteiger partial charge >= 0.3 is 0 Å². The Balaban J connectivity index is 2.48. The van der Waals surface area contributed by atoms with Gasteiger partial charge in [-0.05, 0) is 38.8 Å². The van der Waals surface area contributed by atoms with Gasteiger partial charge in [0.25, 0.3) is 0 Å². The maximum absolute atomic E-state index is 11.0. The standard InChI is InChI=1S/C9H17N2O/c1-2-6-11-7-4-3-5-8(11)9(10)12/h5,8H,2-4,6-7H2,1H3,(H2,10,12)/t8-/m0/s1. The van der Waals surface area contributed by atoms with E-state index >= 15 is 0 Å². The van der Waals surface area contributed by atoms with Crippen molar-refractivity contribution < 1.29 is 4.79 Å². The molecule has 0 aliphatic carbocycles. The summed E-state index contributed by atoms with van der Waals surface area (Å²) in [5.74, 6) is -0.205. The highest BCUT2D eigenvalue weighted by Gasteiger charge is 2.25. The molecule has 0 aromatic rings. The van der Waals surface area contributed by atoms with E-state index in [2.05, 4.69) is 11.8 Å². The summed E-state index contributed by atoms with van der Waals surface area (Å²) in [6, 6.07) is -0.112. The third-order valence-electron chi connectivity index (χ3n) is 2.24. The number of amides is 1. The number of piperidine rings is 1. The highest BCUT2D eigenvalue weighted by atomic mass is 16.1. The molecule has 1 aliphatic rings. The van der Waals surface area contributed by atoms with E-state index in [9.17, 15) is 4.79 Å². The Morgan fingerprint density at radius 2 is 2.50 bits per heavy atom. The SMILES string of the molecule is CCCN1CCC[CH][C@H]1C(N)=O. The minimum atomic E-state index is -0.205. The zero-order valence-electron chi connectivity index (χ0n) is 7.62. The molecule has 1 saturated heterocycles. The van der Waals surface area contributed by atoms with Crippen LogP contribution in [0.2, 0.25) is 0 Å². The van der Waals surface area contributed by atoms with Crippen LogP contribution in [-0.2, 0) is 4.79 Å². The van der Waals surface area contributed by atoms with E-state index in [-0.39, 0.29) is 11.9 Å². The lowest BCUT2D eigenvalue weighted by Crippen LogP contribution is -2.48. The van der Waals surface area contributed by atoms with E-state index in [1.807, 2.05) is 6.42 Å². The lowest BCUT2D eigenvalue weighted by Gasteiger charge is -2.32. The van der Waals surface area contributed by atoms with Crippen molar-refractivity contribution in [2.45, 2.75) is 32.2 Å². The predicted molar refractivity (Wildman–Crippen MR) is 48.4 cm³/mol. The second-order valence-corrected chi connectivity index (χ2v) is 3.26. The van der Waals surface area contributed by atoms with Crippen LogP contribution in [0.3, 0.4) is 0 Å². The Morgan fingerprint density at radius 1 is 1.75 bits per heavy atom. The van der Waals surface area contributed by atoms with Crippen molar-refractivity contribution in [2.75, 3.05) is 13.1 Å². The second-order valence-electron chi connectivity index (χ2n) is 3.26. The van der Waals surface area contributed by atoms with Gasteiger partial charge in [0.05, 0.1) is 6.04 Å². The summed E-state index contributed by atoms with van der Waals surface area (Å²) in [6.07, 6.45) is 5.29. The monoisotopic (exact) mass is 169 g/mol. The minimum Gasteiger partial charge on any atom is -0.368 e. The van der Waals surface area contributed by atoms with Crippen molar-refractivity contribution in [1.82, 2.24) is 4.90 Å². The zero-order chi connectivity index (χ0) is 8.97. The number of hydrogen-bond donors (Lipinski definition) is 1. The second kappa shape index (κ2) is 4.45. The summed E-state index contributed by atoms with van der Waals surface area (Å²) in [5.41, 5.74) is 5.28. The molecule has 3 heteroatoms. The molecule has 0 spiro atoms. The molecule has 1 radical (unpaired) electrons. The van der Waals surface area contributed by atoms with Gasteiger partial charge in [0.15, 0.2) is 0 Å². The van der Waals surface area contributed by atoms with Crippen LogP contribution < -0.4 is 5.73 Å². The van der Waals surface area contributed by atoms with E-state index in [1.165, 1.54) is 0 Å². The van der Waals surface area contributed by atoms with Gasteiger partial charge in [-0.3, -0.25) is 9.69 Å². The molecule has 1 heterocycles. The van der Waals surface area contributed by atoms with Gasteiger partial charge in [-0.25, -0.2) is 0 Å². The molecule has 1 amide bonds. The topological polar surface area (TPSA) is 46.3 Å². The number of carbonyl (C=O) groups is 1. The van der Waals surface area contributed by atoms with Gasteiger partial charge in [-0.15, -0.1) is 0 Å². The smallest absolute Gasteiger partial charge is 0.235 e. The van der Waals surface area contributed by atoms with E-state index in [4.69, 9.17) is 5.73 Å². The van der Waals surface area contributed by atoms with Crippen molar-refractivity contribution in [3.05, 3.63) is 6.42 Å². The van der Waals surface area contributed by atoms with Gasteiger partial charge in [0.2, 0.25) is 5.91 Å². The molecule has 0 bridgehead atoms. The number of nitrogens with two attached hydrogens (primary N) is 1. The molecule has 1 fully saturated rings. The number of carbonyl (C=O) groups excluding carboxylic acids is 1. The Hall–Kier alpha value is -0.570. The van der Waals surface area contributed by atoms with Gasteiger partial charge in [-0.1, -0.05) is 6.92 Å². The summed E-state index contributed by atoms with van der Waals surface area (Å²) in [5, 5.41) is 0. The largest absolute Gasteiger partial charge is 0.368 e. The van der Waals surface area contributed by atoms with Crippen LogP contribution in [-0.4, -0.2) is 29.9 Å². The van der Waals surface area contributed by atoms with Gasteiger partial charge in [0.1, 0.15) is 0 Å². The molecule has 2 N–H and O–H groups in total. The first kappa shape index (κ1) is 9.52.